The van der Waals surface area contributed by atoms with Crippen LogP contribution in [0, 0.1) is 0 Å². The molecule has 5 nitrogen and oxygen atoms in total. The lowest BCUT2D eigenvalue weighted by Crippen LogP contribution is -2.20. The van der Waals surface area contributed by atoms with Crippen molar-refractivity contribution in [2.24, 2.45) is 0 Å². The van der Waals surface area contributed by atoms with E-state index in [0.717, 1.165) is 17.0 Å². The first-order chi connectivity index (χ1) is 10.1. The van der Waals surface area contributed by atoms with Gasteiger partial charge in [-0.05, 0) is 12.1 Å². The first-order valence-electron chi connectivity index (χ1n) is 6.49. The van der Waals surface area contributed by atoms with Crippen LogP contribution in [0.5, 0.6) is 0 Å². The number of carbonyl (C=O) groups excluding carboxylic acids is 1. The molecule has 1 N–H and O–H groups in total. The average Bonchev–Trinajstić information content (AvgIpc) is 2.84. The Bertz CT molecular complexity index is 798. The van der Waals surface area contributed by atoms with Gasteiger partial charge in [0.1, 0.15) is 5.15 Å². The molecule has 0 aliphatic carbocycles. The summed E-state index contributed by atoms with van der Waals surface area (Å²) in [6.07, 6.45) is 0. The molecule has 3 aromatic rings. The van der Waals surface area contributed by atoms with Crippen LogP contribution >= 0.6 is 11.6 Å². The van der Waals surface area contributed by atoms with E-state index in [0.29, 0.717) is 17.3 Å². The predicted octanol–water partition coefficient (Wildman–Crippen LogP) is 2.69. The normalized spacial score (nSPS) is 10.8. The highest BCUT2D eigenvalue weighted by molar-refractivity contribution is 6.29. The molecule has 1 amide bonds. The molecule has 0 aliphatic heterocycles. The zero-order valence-electron chi connectivity index (χ0n) is 11.4. The Balaban J connectivity index is 2.18. The predicted molar refractivity (Wildman–Crippen MR) is 81.0 cm³/mol. The highest BCUT2D eigenvalue weighted by atomic mass is 35.5. The number of aromatic nitrogens is 3. The Hall–Kier alpha value is -2.40. The van der Waals surface area contributed by atoms with Crippen LogP contribution in [0.25, 0.3) is 16.9 Å². The van der Waals surface area contributed by atoms with E-state index in [9.17, 15) is 4.79 Å². The molecule has 6 heteroatoms. The molecule has 0 atom stereocenters. The summed E-state index contributed by atoms with van der Waals surface area (Å²) in [6, 6.07) is 13.3. The Kier molecular flexibility index (Phi) is 3.58. The standard InChI is InChI=1S/C15H13ClN4O/c1-10(21)17-9-12-15(11-5-3-2-4-6-11)18-14-8-7-13(16)19-20(12)14/h2-8H,9H2,1H3,(H,17,21). The number of nitrogens with zero attached hydrogens (tertiary/aromatic N) is 3. The fourth-order valence-corrected chi connectivity index (χ4v) is 2.29. The summed E-state index contributed by atoms with van der Waals surface area (Å²) < 4.78 is 1.67. The summed E-state index contributed by atoms with van der Waals surface area (Å²) >= 11 is 5.96. The van der Waals surface area contributed by atoms with Gasteiger partial charge < -0.3 is 5.32 Å². The maximum atomic E-state index is 11.2. The Labute approximate surface area is 126 Å². The summed E-state index contributed by atoms with van der Waals surface area (Å²) in [6.45, 7) is 1.82. The zero-order valence-corrected chi connectivity index (χ0v) is 12.1. The van der Waals surface area contributed by atoms with Crippen LogP contribution in [0.4, 0.5) is 0 Å². The Morgan fingerprint density at radius 3 is 2.71 bits per heavy atom. The molecule has 1 aromatic carbocycles. The van der Waals surface area contributed by atoms with Crippen molar-refractivity contribution in [3.8, 4) is 11.3 Å². The van der Waals surface area contributed by atoms with Crippen LogP contribution in [0.15, 0.2) is 42.5 Å². The zero-order chi connectivity index (χ0) is 14.8. The summed E-state index contributed by atoms with van der Waals surface area (Å²) in [5.74, 6) is -0.106. The van der Waals surface area contributed by atoms with E-state index in [1.165, 1.54) is 6.92 Å². The maximum Gasteiger partial charge on any atom is 0.217 e. The molecule has 21 heavy (non-hydrogen) atoms. The van der Waals surface area contributed by atoms with E-state index < -0.39 is 0 Å². The van der Waals surface area contributed by atoms with Crippen LogP contribution < -0.4 is 5.32 Å². The van der Waals surface area contributed by atoms with E-state index in [-0.39, 0.29) is 5.91 Å². The molecule has 0 spiro atoms. The molecule has 0 unspecified atom stereocenters. The molecule has 2 aromatic heterocycles. The SMILES string of the molecule is CC(=O)NCc1c(-c2ccccc2)nc2ccc(Cl)nn12. The third-order valence-electron chi connectivity index (χ3n) is 3.09. The van der Waals surface area contributed by atoms with Crippen molar-refractivity contribution in [2.75, 3.05) is 0 Å². The Morgan fingerprint density at radius 1 is 1.24 bits per heavy atom. The lowest BCUT2D eigenvalue weighted by molar-refractivity contribution is -0.119. The molecule has 0 radical (unpaired) electrons. The number of carbonyl (C=O) groups is 1. The molecule has 0 saturated carbocycles. The number of fused-ring (bicyclic) bond motifs is 1. The van der Waals surface area contributed by atoms with Gasteiger partial charge in [-0.2, -0.15) is 5.10 Å². The van der Waals surface area contributed by atoms with Crippen molar-refractivity contribution in [1.82, 2.24) is 19.9 Å². The van der Waals surface area contributed by atoms with E-state index in [1.807, 2.05) is 30.3 Å². The van der Waals surface area contributed by atoms with E-state index in [4.69, 9.17) is 11.6 Å². The van der Waals surface area contributed by atoms with Crippen molar-refractivity contribution in [2.45, 2.75) is 13.5 Å². The number of imidazole rings is 1. The molecule has 2 heterocycles. The van der Waals surface area contributed by atoms with Crippen LogP contribution in [-0.4, -0.2) is 20.5 Å². The van der Waals surface area contributed by atoms with E-state index >= 15 is 0 Å². The van der Waals surface area contributed by atoms with Crippen molar-refractivity contribution in [1.29, 1.82) is 0 Å². The maximum absolute atomic E-state index is 11.2. The fourth-order valence-electron chi connectivity index (χ4n) is 2.15. The van der Waals surface area contributed by atoms with Gasteiger partial charge in [0.2, 0.25) is 5.91 Å². The first kappa shape index (κ1) is 13.6. The number of hydrogen-bond acceptors (Lipinski definition) is 3. The third-order valence-corrected chi connectivity index (χ3v) is 3.29. The number of amides is 1. The lowest BCUT2D eigenvalue weighted by Gasteiger charge is -2.05. The van der Waals surface area contributed by atoms with Gasteiger partial charge in [0.25, 0.3) is 0 Å². The van der Waals surface area contributed by atoms with Gasteiger partial charge in [0.05, 0.1) is 17.9 Å². The van der Waals surface area contributed by atoms with Crippen LogP contribution in [0.3, 0.4) is 0 Å². The number of nitrogens with one attached hydrogen (secondary N) is 1. The van der Waals surface area contributed by atoms with Gasteiger partial charge in [-0.1, -0.05) is 41.9 Å². The topological polar surface area (TPSA) is 59.3 Å². The van der Waals surface area contributed by atoms with Crippen molar-refractivity contribution in [3.63, 3.8) is 0 Å². The minimum atomic E-state index is -0.106. The fraction of sp³-hybridized carbons (Fsp3) is 0.133. The number of halogens is 1. The summed E-state index contributed by atoms with van der Waals surface area (Å²) in [5, 5.41) is 7.43. The second-order valence-corrected chi connectivity index (χ2v) is 5.00. The minimum Gasteiger partial charge on any atom is -0.351 e. The smallest absolute Gasteiger partial charge is 0.217 e. The summed E-state index contributed by atoms with van der Waals surface area (Å²) in [5.41, 5.74) is 3.26. The first-order valence-corrected chi connectivity index (χ1v) is 6.87. The molecule has 0 fully saturated rings. The van der Waals surface area contributed by atoms with Crippen LogP contribution in [-0.2, 0) is 11.3 Å². The van der Waals surface area contributed by atoms with E-state index in [1.54, 1.807) is 16.6 Å². The molecule has 0 bridgehead atoms. The monoisotopic (exact) mass is 300 g/mol. The summed E-state index contributed by atoms with van der Waals surface area (Å²) in [7, 11) is 0. The highest BCUT2D eigenvalue weighted by Gasteiger charge is 2.15. The molecule has 106 valence electrons. The van der Waals surface area contributed by atoms with Crippen molar-refractivity contribution >= 4 is 23.2 Å². The lowest BCUT2D eigenvalue weighted by atomic mass is 10.1. The van der Waals surface area contributed by atoms with Gasteiger partial charge >= 0.3 is 0 Å². The van der Waals surface area contributed by atoms with Gasteiger partial charge in [-0.25, -0.2) is 9.50 Å². The largest absolute Gasteiger partial charge is 0.351 e. The van der Waals surface area contributed by atoms with Crippen molar-refractivity contribution in [3.05, 3.63) is 53.3 Å². The summed E-state index contributed by atoms with van der Waals surface area (Å²) in [4.78, 5) is 15.8. The van der Waals surface area contributed by atoms with Crippen LogP contribution in [0.1, 0.15) is 12.6 Å². The number of hydrogen-bond donors (Lipinski definition) is 1. The highest BCUT2D eigenvalue weighted by Crippen LogP contribution is 2.24. The number of benzene rings is 1. The minimum absolute atomic E-state index is 0.106. The Morgan fingerprint density at radius 2 is 2.00 bits per heavy atom. The molecule has 3 rings (SSSR count). The van der Waals surface area contributed by atoms with Gasteiger partial charge in [0.15, 0.2) is 5.65 Å². The molecule has 0 aliphatic rings. The molecule has 0 saturated heterocycles. The molecular weight excluding hydrogens is 288 g/mol. The van der Waals surface area contributed by atoms with E-state index in [2.05, 4.69) is 15.4 Å². The van der Waals surface area contributed by atoms with Gasteiger partial charge in [0, 0.05) is 12.5 Å². The van der Waals surface area contributed by atoms with Crippen LogP contribution in [0.2, 0.25) is 5.15 Å². The quantitative estimate of drug-likeness (QED) is 0.809. The number of rotatable bonds is 3. The average molecular weight is 301 g/mol. The molecular formula is C15H13ClN4O. The van der Waals surface area contributed by atoms with Gasteiger partial charge in [-0.15, -0.1) is 0 Å². The second kappa shape index (κ2) is 5.54. The van der Waals surface area contributed by atoms with Crippen molar-refractivity contribution < 1.29 is 4.79 Å². The third kappa shape index (κ3) is 2.73. The second-order valence-electron chi connectivity index (χ2n) is 4.61. The van der Waals surface area contributed by atoms with Gasteiger partial charge in [-0.3, -0.25) is 4.79 Å².